The van der Waals surface area contributed by atoms with Crippen LogP contribution in [-0.4, -0.2) is 31.4 Å². The second-order valence-electron chi connectivity index (χ2n) is 6.62. The van der Waals surface area contributed by atoms with E-state index in [0.717, 1.165) is 11.3 Å². The summed E-state index contributed by atoms with van der Waals surface area (Å²) in [6.07, 6.45) is 1.63. The van der Waals surface area contributed by atoms with E-state index in [4.69, 9.17) is 20.8 Å². The average Bonchev–Trinajstić information content (AvgIpc) is 3.22. The van der Waals surface area contributed by atoms with Crippen molar-refractivity contribution in [1.29, 1.82) is 0 Å². The smallest absolute Gasteiger partial charge is 0.255 e. The van der Waals surface area contributed by atoms with E-state index in [1.807, 2.05) is 67.5 Å². The van der Waals surface area contributed by atoms with E-state index in [0.29, 0.717) is 29.5 Å². The normalized spacial score (nSPS) is 12.0. The van der Waals surface area contributed by atoms with E-state index >= 15 is 0 Å². The molecule has 0 fully saturated rings. The summed E-state index contributed by atoms with van der Waals surface area (Å²) in [5, 5.41) is 3.65. The molecule has 0 bridgehead atoms. The summed E-state index contributed by atoms with van der Waals surface area (Å²) >= 11 is 5.91. The zero-order chi connectivity index (χ0) is 19.9. The number of halogens is 1. The molecule has 3 aromatic rings. The first-order valence-corrected chi connectivity index (χ1v) is 9.36. The minimum absolute atomic E-state index is 0.0545. The molecular weight excluding hydrogens is 376 g/mol. The van der Waals surface area contributed by atoms with Gasteiger partial charge in [0.2, 0.25) is 0 Å². The monoisotopic (exact) mass is 398 g/mol. The lowest BCUT2D eigenvalue weighted by Gasteiger charge is -2.22. The summed E-state index contributed by atoms with van der Waals surface area (Å²) in [7, 11) is 3.89. The number of rotatable bonds is 8. The summed E-state index contributed by atoms with van der Waals surface area (Å²) in [4.78, 5) is 14.8. The van der Waals surface area contributed by atoms with Gasteiger partial charge in [-0.1, -0.05) is 35.9 Å². The molecular formula is C22H23ClN2O3. The Labute approximate surface area is 169 Å². The number of likely N-dealkylation sites (N-methyl/N-ethyl adjacent to an activating group) is 1. The second-order valence-corrected chi connectivity index (χ2v) is 7.05. The number of nitrogens with zero attached hydrogens (tertiary/aromatic N) is 1. The molecule has 3 rings (SSSR count). The fourth-order valence-electron chi connectivity index (χ4n) is 2.82. The number of carbonyl (C=O) groups is 1. The first-order valence-electron chi connectivity index (χ1n) is 8.99. The van der Waals surface area contributed by atoms with Crippen LogP contribution in [0.5, 0.6) is 5.75 Å². The zero-order valence-corrected chi connectivity index (χ0v) is 16.6. The Bertz CT molecular complexity index is 892. The molecule has 2 aromatic carbocycles. The highest BCUT2D eigenvalue weighted by Crippen LogP contribution is 2.21. The molecule has 0 unspecified atom stereocenters. The molecule has 28 heavy (non-hydrogen) atoms. The summed E-state index contributed by atoms with van der Waals surface area (Å²) in [6, 6.07) is 18.3. The van der Waals surface area contributed by atoms with Crippen molar-refractivity contribution in [2.24, 2.45) is 0 Å². The lowest BCUT2D eigenvalue weighted by atomic mass is 10.1. The van der Waals surface area contributed by atoms with E-state index in [1.54, 1.807) is 18.4 Å². The van der Waals surface area contributed by atoms with E-state index in [9.17, 15) is 4.79 Å². The maximum Gasteiger partial charge on any atom is 0.255 e. The van der Waals surface area contributed by atoms with Crippen molar-refractivity contribution >= 4 is 17.5 Å². The van der Waals surface area contributed by atoms with Gasteiger partial charge in [-0.3, -0.25) is 9.69 Å². The maximum atomic E-state index is 12.8. The summed E-state index contributed by atoms with van der Waals surface area (Å²) in [6.45, 7) is 0.777. The van der Waals surface area contributed by atoms with Crippen molar-refractivity contribution in [2.75, 3.05) is 20.6 Å². The molecule has 146 valence electrons. The largest absolute Gasteiger partial charge is 0.488 e. The van der Waals surface area contributed by atoms with Crippen LogP contribution in [0.3, 0.4) is 0 Å². The Hall–Kier alpha value is -2.76. The van der Waals surface area contributed by atoms with Crippen LogP contribution in [0.1, 0.15) is 27.7 Å². The molecule has 1 N–H and O–H groups in total. The summed E-state index contributed by atoms with van der Waals surface area (Å²) < 4.78 is 11.4. The van der Waals surface area contributed by atoms with Crippen molar-refractivity contribution in [2.45, 2.75) is 12.6 Å². The van der Waals surface area contributed by atoms with E-state index in [2.05, 4.69) is 5.32 Å². The Morgan fingerprint density at radius 2 is 1.86 bits per heavy atom. The second kappa shape index (κ2) is 9.44. The Morgan fingerprint density at radius 1 is 1.11 bits per heavy atom. The number of furan rings is 1. The van der Waals surface area contributed by atoms with E-state index < -0.39 is 0 Å². The van der Waals surface area contributed by atoms with Crippen molar-refractivity contribution in [1.82, 2.24) is 10.2 Å². The van der Waals surface area contributed by atoms with Gasteiger partial charge in [-0.2, -0.15) is 0 Å². The third-order valence-corrected chi connectivity index (χ3v) is 4.64. The van der Waals surface area contributed by atoms with Crippen molar-refractivity contribution in [3.05, 3.63) is 88.8 Å². The average molecular weight is 399 g/mol. The molecule has 5 nitrogen and oxygen atoms in total. The SMILES string of the molecule is CN(C)[C@@H](CNC(=O)c1ccccc1OCc1ccc(Cl)cc1)c1ccco1. The van der Waals surface area contributed by atoms with Gasteiger partial charge in [0.1, 0.15) is 18.1 Å². The lowest BCUT2D eigenvalue weighted by molar-refractivity contribution is 0.0934. The molecule has 1 aromatic heterocycles. The van der Waals surface area contributed by atoms with Gasteiger partial charge in [0.05, 0.1) is 17.9 Å². The molecule has 6 heteroatoms. The van der Waals surface area contributed by atoms with Crippen LogP contribution in [0, 0.1) is 0 Å². The van der Waals surface area contributed by atoms with Gasteiger partial charge in [0.25, 0.3) is 5.91 Å². The van der Waals surface area contributed by atoms with Gasteiger partial charge >= 0.3 is 0 Å². The van der Waals surface area contributed by atoms with Crippen LogP contribution in [-0.2, 0) is 6.61 Å². The van der Waals surface area contributed by atoms with Crippen molar-refractivity contribution in [3.8, 4) is 5.75 Å². The van der Waals surface area contributed by atoms with Gasteiger partial charge in [-0.15, -0.1) is 0 Å². The maximum absolute atomic E-state index is 12.8. The predicted octanol–water partition coefficient (Wildman–Crippen LogP) is 4.54. The highest BCUT2D eigenvalue weighted by atomic mass is 35.5. The highest BCUT2D eigenvalue weighted by Gasteiger charge is 2.19. The number of benzene rings is 2. The highest BCUT2D eigenvalue weighted by molar-refractivity contribution is 6.30. The van der Waals surface area contributed by atoms with Crippen LogP contribution < -0.4 is 10.1 Å². The molecule has 0 radical (unpaired) electrons. The Morgan fingerprint density at radius 3 is 2.54 bits per heavy atom. The van der Waals surface area contributed by atoms with Crippen molar-refractivity contribution < 1.29 is 13.9 Å². The zero-order valence-electron chi connectivity index (χ0n) is 15.9. The van der Waals surface area contributed by atoms with E-state index in [-0.39, 0.29) is 11.9 Å². The third-order valence-electron chi connectivity index (χ3n) is 4.39. The minimum atomic E-state index is -0.190. The van der Waals surface area contributed by atoms with Crippen molar-refractivity contribution in [3.63, 3.8) is 0 Å². The molecule has 0 saturated carbocycles. The molecule has 0 aliphatic rings. The molecule has 0 aliphatic heterocycles. The summed E-state index contributed by atoms with van der Waals surface area (Å²) in [5.74, 6) is 1.15. The van der Waals surface area contributed by atoms with Gasteiger partial charge < -0.3 is 14.5 Å². The number of ether oxygens (including phenoxy) is 1. The number of amides is 1. The van der Waals surface area contributed by atoms with Crippen LogP contribution in [0.2, 0.25) is 5.02 Å². The Kier molecular flexibility index (Phi) is 6.74. The standard InChI is InChI=1S/C22H23ClN2O3/c1-25(2)19(21-8-5-13-27-21)14-24-22(26)18-6-3-4-7-20(18)28-15-16-9-11-17(23)12-10-16/h3-13,19H,14-15H2,1-2H3,(H,24,26)/t19-/m0/s1. The predicted molar refractivity (Wildman–Crippen MR) is 110 cm³/mol. The van der Waals surface area contributed by atoms with E-state index in [1.165, 1.54) is 0 Å². The molecule has 1 atom stereocenters. The first kappa shape index (κ1) is 20.0. The van der Waals surface area contributed by atoms with Crippen LogP contribution in [0.4, 0.5) is 0 Å². The van der Waals surface area contributed by atoms with Crippen LogP contribution in [0.15, 0.2) is 71.3 Å². The summed E-state index contributed by atoms with van der Waals surface area (Å²) in [5.41, 5.74) is 1.47. The van der Waals surface area contributed by atoms with Crippen LogP contribution >= 0.6 is 11.6 Å². The number of carbonyl (C=O) groups excluding carboxylic acids is 1. The van der Waals surface area contributed by atoms with Gasteiger partial charge in [0.15, 0.2) is 0 Å². The van der Waals surface area contributed by atoms with Crippen LogP contribution in [0.25, 0.3) is 0 Å². The fraction of sp³-hybridized carbons (Fsp3) is 0.227. The quantitative estimate of drug-likeness (QED) is 0.605. The van der Waals surface area contributed by atoms with Gasteiger partial charge in [-0.25, -0.2) is 0 Å². The third kappa shape index (κ3) is 5.15. The Balaban J connectivity index is 1.65. The molecule has 0 saturated heterocycles. The molecule has 1 heterocycles. The number of nitrogens with one attached hydrogen (secondary N) is 1. The minimum Gasteiger partial charge on any atom is -0.488 e. The lowest BCUT2D eigenvalue weighted by Crippen LogP contribution is -2.34. The number of para-hydroxylation sites is 1. The fourth-order valence-corrected chi connectivity index (χ4v) is 2.95. The number of hydrogen-bond acceptors (Lipinski definition) is 4. The van der Waals surface area contributed by atoms with Gasteiger partial charge in [-0.05, 0) is 56.1 Å². The van der Waals surface area contributed by atoms with Gasteiger partial charge in [0, 0.05) is 11.6 Å². The molecule has 1 amide bonds. The molecule has 0 aliphatic carbocycles. The first-order chi connectivity index (χ1) is 13.5. The topological polar surface area (TPSA) is 54.7 Å². The molecule has 0 spiro atoms. The number of hydrogen-bond donors (Lipinski definition) is 1.